The van der Waals surface area contributed by atoms with Crippen molar-refractivity contribution in [2.45, 2.75) is 37.0 Å². The van der Waals surface area contributed by atoms with Gasteiger partial charge in [-0.3, -0.25) is 9.59 Å². The summed E-state index contributed by atoms with van der Waals surface area (Å²) >= 11 is 13.1. The van der Waals surface area contributed by atoms with E-state index < -0.39 is 63.5 Å². The number of hydrogen-bond acceptors (Lipinski definition) is 15. The summed E-state index contributed by atoms with van der Waals surface area (Å²) in [6.07, 6.45) is 0.0354. The second-order valence-electron chi connectivity index (χ2n) is 11.1. The van der Waals surface area contributed by atoms with E-state index in [9.17, 15) is 48.5 Å². The summed E-state index contributed by atoms with van der Waals surface area (Å²) in [6, 6.07) is 11.2. The molecule has 26 heteroatoms. The summed E-state index contributed by atoms with van der Waals surface area (Å²) < 4.78 is 105. The molecule has 18 nitrogen and oxygen atoms in total. The van der Waals surface area contributed by atoms with E-state index in [1.807, 2.05) is 0 Å². The molecule has 4 aromatic rings. The second-order valence-corrected chi connectivity index (χ2v) is 16.1. The van der Waals surface area contributed by atoms with Gasteiger partial charge in [0.15, 0.2) is 5.82 Å². The maximum absolute atomic E-state index is 12.9. The standard InChI is InChI=1S/C30H31Cl2N7O11S3.3Na/c1-4-38(11-6-12-51(42,43)44)21-9-10-25(26(16-21)33-18(3)40)35-36-29-28(53(48,49)50)17(2)37-39(29)27-23(31)14-20(15-24(27)32)34-30(41)19-7-5-8-22(13-19)52(45,46)47;;;/h5,7-10,13-16H,4,6,11-12H2,1-3H3,(H,33,40)(H,34,41)(H,42,43,44)(H,45,46,47)(H,48,49,50);;;/q;3*+1/p-3. The molecule has 56 heavy (non-hydrogen) atoms. The molecule has 2 N–H and O–H groups in total. The van der Waals surface area contributed by atoms with Gasteiger partial charge in [-0.05, 0) is 68.8 Å². The van der Waals surface area contributed by atoms with Crippen molar-refractivity contribution in [3.63, 3.8) is 0 Å². The number of anilines is 3. The van der Waals surface area contributed by atoms with Gasteiger partial charge in [-0.2, -0.15) is 5.10 Å². The van der Waals surface area contributed by atoms with E-state index in [2.05, 4.69) is 26.0 Å². The Morgan fingerprint density at radius 3 is 2.04 bits per heavy atom. The first-order valence-corrected chi connectivity index (χ1v) is 20.2. The first-order chi connectivity index (χ1) is 24.6. The Kier molecular flexibility index (Phi) is 20.3. The van der Waals surface area contributed by atoms with Gasteiger partial charge in [0.25, 0.3) is 5.91 Å². The van der Waals surface area contributed by atoms with Crippen molar-refractivity contribution in [1.82, 2.24) is 9.78 Å². The third-order valence-electron chi connectivity index (χ3n) is 7.22. The molecule has 284 valence electrons. The van der Waals surface area contributed by atoms with Crippen LogP contribution in [0.15, 0.2) is 74.6 Å². The summed E-state index contributed by atoms with van der Waals surface area (Å²) in [5.41, 5.74) is -0.0856. The van der Waals surface area contributed by atoms with E-state index in [1.54, 1.807) is 17.9 Å². The zero-order valence-electron chi connectivity index (χ0n) is 30.7. The van der Waals surface area contributed by atoms with E-state index in [0.29, 0.717) is 12.2 Å². The number of rotatable bonds is 14. The monoisotopic (exact) mass is 897 g/mol. The van der Waals surface area contributed by atoms with E-state index >= 15 is 0 Å². The summed E-state index contributed by atoms with van der Waals surface area (Å²) in [5.74, 6) is -2.56. The van der Waals surface area contributed by atoms with E-state index in [1.165, 1.54) is 50.2 Å². The average Bonchev–Trinajstić information content (AvgIpc) is 3.36. The SMILES string of the molecule is CCN(CCCS(=O)(=O)[O-])c1ccc(N=Nc2c(S(=O)(=O)[O-])c(C)nn2-c2c(Cl)cc(NC(=O)c3cccc(S(=O)(=O)[O-])c3)cc2Cl)c(NC(C)=O)c1.[Na+].[Na+].[Na+]. The molecular weight excluding hydrogens is 870 g/mol. The van der Waals surface area contributed by atoms with Crippen molar-refractivity contribution >= 4 is 93.9 Å². The van der Waals surface area contributed by atoms with Crippen LogP contribution in [0, 0.1) is 6.92 Å². The molecule has 0 unspecified atom stereocenters. The van der Waals surface area contributed by atoms with Crippen molar-refractivity contribution in [3.05, 3.63) is 75.9 Å². The molecule has 0 aliphatic heterocycles. The first kappa shape index (κ1) is 52.5. The van der Waals surface area contributed by atoms with Crippen LogP contribution in [0.4, 0.5) is 28.6 Å². The number of nitrogens with one attached hydrogen (secondary N) is 2. The molecule has 0 aliphatic carbocycles. The molecule has 0 saturated heterocycles. The van der Waals surface area contributed by atoms with Gasteiger partial charge in [0.2, 0.25) is 5.91 Å². The van der Waals surface area contributed by atoms with Crippen LogP contribution in [0.3, 0.4) is 0 Å². The third kappa shape index (κ3) is 14.1. The fourth-order valence-corrected chi connectivity index (χ4v) is 7.37. The summed E-state index contributed by atoms with van der Waals surface area (Å²) in [7, 11) is -14.5. The fraction of sp³-hybridized carbons (Fsp3) is 0.233. The Morgan fingerprint density at radius 1 is 0.875 bits per heavy atom. The molecule has 0 aliphatic rings. The molecule has 0 radical (unpaired) electrons. The van der Waals surface area contributed by atoms with Crippen LogP contribution in [0.5, 0.6) is 0 Å². The number of nitrogens with zero attached hydrogens (tertiary/aromatic N) is 5. The van der Waals surface area contributed by atoms with Crippen molar-refractivity contribution in [2.24, 2.45) is 10.2 Å². The van der Waals surface area contributed by atoms with Crippen molar-refractivity contribution in [1.29, 1.82) is 0 Å². The number of amides is 2. The van der Waals surface area contributed by atoms with Gasteiger partial charge in [-0.1, -0.05) is 29.3 Å². The van der Waals surface area contributed by atoms with E-state index in [0.717, 1.165) is 16.8 Å². The van der Waals surface area contributed by atoms with Crippen molar-refractivity contribution in [3.8, 4) is 5.69 Å². The van der Waals surface area contributed by atoms with Crippen LogP contribution in [0.25, 0.3) is 5.69 Å². The molecule has 3 aromatic carbocycles. The zero-order chi connectivity index (χ0) is 39.5. The van der Waals surface area contributed by atoms with Crippen LogP contribution in [0.1, 0.15) is 36.3 Å². The minimum Gasteiger partial charge on any atom is -0.748 e. The van der Waals surface area contributed by atoms with Gasteiger partial charge in [0, 0.05) is 42.7 Å². The van der Waals surface area contributed by atoms with Gasteiger partial charge in [0.1, 0.15) is 36.5 Å². The fourth-order valence-electron chi connectivity index (χ4n) is 4.97. The number of carbonyl (C=O) groups is 2. The predicted octanol–water partition coefficient (Wildman–Crippen LogP) is -4.30. The Labute approximate surface area is 399 Å². The normalized spacial score (nSPS) is 11.6. The number of halogens is 2. The Bertz CT molecular complexity index is 2450. The predicted molar refractivity (Wildman–Crippen MR) is 191 cm³/mol. The molecule has 4 rings (SSSR count). The van der Waals surface area contributed by atoms with E-state index in [4.69, 9.17) is 23.2 Å². The van der Waals surface area contributed by atoms with Gasteiger partial charge >= 0.3 is 88.7 Å². The van der Waals surface area contributed by atoms with Crippen LogP contribution in [-0.4, -0.2) is 79.3 Å². The minimum atomic E-state index is -5.26. The summed E-state index contributed by atoms with van der Waals surface area (Å²) in [6.45, 7) is 4.79. The number of carbonyl (C=O) groups excluding carboxylic acids is 2. The molecule has 0 atom stereocenters. The molecule has 1 heterocycles. The van der Waals surface area contributed by atoms with Crippen LogP contribution < -0.4 is 104 Å². The van der Waals surface area contributed by atoms with Crippen LogP contribution >= 0.6 is 23.2 Å². The third-order valence-corrected chi connectivity index (χ3v) is 10.4. The van der Waals surface area contributed by atoms with Crippen LogP contribution in [-0.2, 0) is 35.1 Å². The van der Waals surface area contributed by atoms with Crippen LogP contribution in [0.2, 0.25) is 10.0 Å². The molecule has 1 aromatic heterocycles. The molecule has 2 amide bonds. The maximum atomic E-state index is 12.9. The maximum Gasteiger partial charge on any atom is 1.00 e. The summed E-state index contributed by atoms with van der Waals surface area (Å²) in [4.78, 5) is 25.2. The number of azo groups is 1. The van der Waals surface area contributed by atoms with E-state index in [-0.39, 0.29) is 146 Å². The second kappa shape index (κ2) is 21.7. The number of aryl methyl sites for hydroxylation is 1. The van der Waals surface area contributed by atoms with Gasteiger partial charge in [-0.25, -0.2) is 29.9 Å². The van der Waals surface area contributed by atoms with Crippen molar-refractivity contribution < 1.29 is 137 Å². The number of hydrogen-bond donors (Lipinski definition) is 2. The van der Waals surface area contributed by atoms with Gasteiger partial charge in [-0.15, -0.1) is 10.2 Å². The Balaban J connectivity index is 0.00000523. The minimum absolute atomic E-state index is 0. The molecular formula is C30H28Cl2N7Na3O11S3. The zero-order valence-corrected chi connectivity index (χ0v) is 40.7. The molecule has 0 fully saturated rings. The topological polar surface area (TPSA) is 276 Å². The summed E-state index contributed by atoms with van der Waals surface area (Å²) in [5, 5.41) is 16.8. The number of benzene rings is 3. The van der Waals surface area contributed by atoms with Gasteiger partial charge in [0.05, 0.1) is 36.4 Å². The molecule has 0 saturated carbocycles. The molecule has 0 spiro atoms. The van der Waals surface area contributed by atoms with Crippen molar-refractivity contribution in [2.75, 3.05) is 34.4 Å². The molecule has 0 bridgehead atoms. The Hall–Kier alpha value is -1.48. The first-order valence-electron chi connectivity index (χ1n) is 15.0. The van der Waals surface area contributed by atoms with Gasteiger partial charge < -0.3 is 29.2 Å². The quantitative estimate of drug-likeness (QED) is 0.0690. The Morgan fingerprint density at radius 2 is 1.50 bits per heavy atom. The largest absolute Gasteiger partial charge is 1.00 e. The average molecular weight is 899 g/mol. The number of aromatic nitrogens is 2. The smallest absolute Gasteiger partial charge is 0.748 e.